The molecular weight excluding hydrogens is 336 g/mol. The minimum atomic E-state index is -0.310. The Morgan fingerprint density at radius 1 is 1.04 bits per heavy atom. The second kappa shape index (κ2) is 10.3. The Morgan fingerprint density at radius 2 is 1.63 bits per heavy atom. The summed E-state index contributed by atoms with van der Waals surface area (Å²) in [5, 5.41) is 0. The predicted octanol–water partition coefficient (Wildman–Crippen LogP) is 3.94. The van der Waals surface area contributed by atoms with Crippen molar-refractivity contribution in [2.75, 3.05) is 32.1 Å². The molecule has 0 saturated carbocycles. The second-order valence-electron chi connectivity index (χ2n) is 6.33. The molecule has 142 valence electrons. The van der Waals surface area contributed by atoms with E-state index in [1.807, 2.05) is 73.8 Å². The molecule has 0 aliphatic heterocycles. The Bertz CT molecular complexity index is 731. The molecule has 27 heavy (non-hydrogen) atoms. The van der Waals surface area contributed by atoms with Crippen LogP contribution in [0.4, 0.5) is 5.69 Å². The molecule has 1 amide bonds. The van der Waals surface area contributed by atoms with Gasteiger partial charge in [-0.25, -0.2) is 0 Å². The molecule has 0 aliphatic rings. The lowest BCUT2D eigenvalue weighted by molar-refractivity contribution is -0.123. The van der Waals surface area contributed by atoms with Crippen LogP contribution in [0, 0.1) is 0 Å². The first-order valence-corrected chi connectivity index (χ1v) is 9.02. The van der Waals surface area contributed by atoms with Crippen molar-refractivity contribution in [3.05, 3.63) is 85.5 Å². The van der Waals surface area contributed by atoms with Crippen LogP contribution in [0.3, 0.4) is 0 Å². The number of carbonyl (C=O) groups excluding carboxylic acids is 1. The second-order valence-corrected chi connectivity index (χ2v) is 6.33. The lowest BCUT2D eigenvalue weighted by Crippen LogP contribution is -2.49. The average molecular weight is 364 g/mol. The summed E-state index contributed by atoms with van der Waals surface area (Å²) in [6, 6.07) is 17.3. The van der Waals surface area contributed by atoms with Gasteiger partial charge in [0.05, 0.1) is 13.2 Å². The molecule has 4 nitrogen and oxygen atoms in total. The number of hydrogen-bond donors (Lipinski definition) is 0. The maximum atomic E-state index is 13.4. The molecular formula is C23H28N2O2. The normalized spacial score (nSPS) is 11.7. The zero-order chi connectivity index (χ0) is 19.6. The zero-order valence-electron chi connectivity index (χ0n) is 16.2. The summed E-state index contributed by atoms with van der Waals surface area (Å²) in [5.41, 5.74) is 1.95. The molecule has 0 radical (unpaired) electrons. The van der Waals surface area contributed by atoms with Crippen LogP contribution in [0.2, 0.25) is 0 Å². The van der Waals surface area contributed by atoms with Gasteiger partial charge in [-0.05, 0) is 36.2 Å². The minimum absolute atomic E-state index is 0.0349. The van der Waals surface area contributed by atoms with Crippen LogP contribution in [-0.4, -0.2) is 44.1 Å². The molecule has 0 N–H and O–H groups in total. The quantitative estimate of drug-likeness (QED) is 0.599. The fraction of sp³-hybridized carbons (Fsp3) is 0.261. The highest BCUT2D eigenvalue weighted by Gasteiger charge is 2.28. The number of hydrogen-bond acceptors (Lipinski definition) is 3. The summed E-state index contributed by atoms with van der Waals surface area (Å²) in [7, 11) is 3.43. The van der Waals surface area contributed by atoms with E-state index in [1.165, 1.54) is 0 Å². The van der Waals surface area contributed by atoms with Crippen LogP contribution in [0.5, 0.6) is 5.75 Å². The molecule has 2 rings (SSSR count). The standard InChI is InChI=1S/C23H28N2O2/c1-5-16-25(17-6-2)22(18-19-10-8-7-9-11-19)23(26)24(3)20-12-14-21(27-4)15-13-20/h5-15,22H,1-2,16-18H2,3-4H3/t22-/m0/s1. The van der Waals surface area contributed by atoms with Crippen molar-refractivity contribution >= 4 is 11.6 Å². The average Bonchev–Trinajstić information content (AvgIpc) is 2.71. The first-order valence-electron chi connectivity index (χ1n) is 9.02. The summed E-state index contributed by atoms with van der Waals surface area (Å²) in [6.45, 7) is 8.91. The van der Waals surface area contributed by atoms with Crippen LogP contribution in [0.25, 0.3) is 0 Å². The van der Waals surface area contributed by atoms with Gasteiger partial charge in [-0.3, -0.25) is 9.69 Å². The molecule has 2 aromatic rings. The van der Waals surface area contributed by atoms with E-state index in [-0.39, 0.29) is 11.9 Å². The van der Waals surface area contributed by atoms with E-state index in [2.05, 4.69) is 18.1 Å². The van der Waals surface area contributed by atoms with Crippen LogP contribution in [0.1, 0.15) is 5.56 Å². The number of rotatable bonds is 10. The van der Waals surface area contributed by atoms with Gasteiger partial charge in [-0.2, -0.15) is 0 Å². The fourth-order valence-electron chi connectivity index (χ4n) is 3.03. The maximum Gasteiger partial charge on any atom is 0.244 e. The molecule has 0 unspecified atom stereocenters. The van der Waals surface area contributed by atoms with Crippen molar-refractivity contribution in [1.29, 1.82) is 0 Å². The number of methoxy groups -OCH3 is 1. The summed E-state index contributed by atoms with van der Waals surface area (Å²) >= 11 is 0. The summed E-state index contributed by atoms with van der Waals surface area (Å²) in [4.78, 5) is 17.2. The highest BCUT2D eigenvalue weighted by Crippen LogP contribution is 2.21. The topological polar surface area (TPSA) is 32.8 Å². The van der Waals surface area contributed by atoms with Gasteiger partial charge in [-0.15, -0.1) is 13.2 Å². The molecule has 0 spiro atoms. The van der Waals surface area contributed by atoms with Crippen LogP contribution >= 0.6 is 0 Å². The number of benzene rings is 2. The Morgan fingerprint density at radius 3 is 2.15 bits per heavy atom. The molecule has 0 bridgehead atoms. The van der Waals surface area contributed by atoms with Crippen LogP contribution in [-0.2, 0) is 11.2 Å². The third-order valence-corrected chi connectivity index (χ3v) is 4.52. The van der Waals surface area contributed by atoms with Crippen molar-refractivity contribution in [2.24, 2.45) is 0 Å². The molecule has 1 atom stereocenters. The first kappa shape index (κ1) is 20.5. The van der Waals surface area contributed by atoms with Gasteiger partial charge in [0.15, 0.2) is 0 Å². The maximum absolute atomic E-state index is 13.4. The zero-order valence-corrected chi connectivity index (χ0v) is 16.2. The van der Waals surface area contributed by atoms with E-state index in [9.17, 15) is 4.79 Å². The number of carbonyl (C=O) groups is 1. The van der Waals surface area contributed by atoms with E-state index >= 15 is 0 Å². The molecule has 0 fully saturated rings. The van der Waals surface area contributed by atoms with Crippen LogP contribution in [0.15, 0.2) is 79.9 Å². The Hall–Kier alpha value is -2.85. The number of anilines is 1. The largest absolute Gasteiger partial charge is 0.497 e. The number of amides is 1. The third kappa shape index (κ3) is 5.56. The Kier molecular flexibility index (Phi) is 7.83. The van der Waals surface area contributed by atoms with Crippen molar-refractivity contribution in [3.8, 4) is 5.75 Å². The minimum Gasteiger partial charge on any atom is -0.497 e. The lowest BCUT2D eigenvalue weighted by atomic mass is 10.0. The molecule has 0 aliphatic carbocycles. The SMILES string of the molecule is C=CCN(CC=C)[C@@H](Cc1ccccc1)C(=O)N(C)c1ccc(OC)cc1. The summed E-state index contributed by atoms with van der Waals surface area (Å²) in [5.74, 6) is 0.799. The van der Waals surface area contributed by atoms with E-state index < -0.39 is 0 Å². The Labute approximate surface area is 162 Å². The van der Waals surface area contributed by atoms with Gasteiger partial charge >= 0.3 is 0 Å². The highest BCUT2D eigenvalue weighted by atomic mass is 16.5. The van der Waals surface area contributed by atoms with Crippen molar-refractivity contribution < 1.29 is 9.53 Å². The predicted molar refractivity (Wildman–Crippen MR) is 112 cm³/mol. The van der Waals surface area contributed by atoms with E-state index in [0.717, 1.165) is 17.0 Å². The van der Waals surface area contributed by atoms with Gasteiger partial charge in [0.25, 0.3) is 0 Å². The highest BCUT2D eigenvalue weighted by molar-refractivity contribution is 5.97. The smallest absolute Gasteiger partial charge is 0.244 e. The third-order valence-electron chi connectivity index (χ3n) is 4.52. The Balaban J connectivity index is 2.29. The van der Waals surface area contributed by atoms with Gasteiger partial charge in [0.1, 0.15) is 5.75 Å². The first-order chi connectivity index (χ1) is 13.1. The van der Waals surface area contributed by atoms with Crippen molar-refractivity contribution in [2.45, 2.75) is 12.5 Å². The van der Waals surface area contributed by atoms with Gasteiger partial charge < -0.3 is 9.64 Å². The van der Waals surface area contributed by atoms with E-state index in [1.54, 1.807) is 12.0 Å². The summed E-state index contributed by atoms with van der Waals surface area (Å²) < 4.78 is 5.20. The fourth-order valence-corrected chi connectivity index (χ4v) is 3.03. The number of ether oxygens (including phenoxy) is 1. The van der Waals surface area contributed by atoms with Gasteiger partial charge in [0.2, 0.25) is 5.91 Å². The monoisotopic (exact) mass is 364 g/mol. The van der Waals surface area contributed by atoms with Crippen molar-refractivity contribution in [1.82, 2.24) is 4.90 Å². The number of likely N-dealkylation sites (N-methyl/N-ethyl adjacent to an activating group) is 1. The number of nitrogens with zero attached hydrogens (tertiary/aromatic N) is 2. The molecule has 0 aromatic heterocycles. The molecule has 0 saturated heterocycles. The van der Waals surface area contributed by atoms with Crippen LogP contribution < -0.4 is 9.64 Å². The summed E-state index contributed by atoms with van der Waals surface area (Å²) in [6.07, 6.45) is 4.27. The van der Waals surface area contributed by atoms with E-state index in [4.69, 9.17) is 4.74 Å². The lowest BCUT2D eigenvalue weighted by Gasteiger charge is -2.32. The molecule has 4 heteroatoms. The van der Waals surface area contributed by atoms with Crippen molar-refractivity contribution in [3.63, 3.8) is 0 Å². The van der Waals surface area contributed by atoms with Gasteiger partial charge in [0, 0.05) is 25.8 Å². The molecule has 0 heterocycles. The van der Waals surface area contributed by atoms with E-state index in [0.29, 0.717) is 19.5 Å². The van der Waals surface area contributed by atoms with Gasteiger partial charge in [-0.1, -0.05) is 42.5 Å². The molecule has 2 aromatic carbocycles.